The fourth-order valence-electron chi connectivity index (χ4n) is 2.93. The number of hydrogen-bond acceptors (Lipinski definition) is 4. The summed E-state index contributed by atoms with van der Waals surface area (Å²) in [4.78, 5) is 24.1. The Bertz CT molecular complexity index is 959. The lowest BCUT2D eigenvalue weighted by Gasteiger charge is -2.14. The number of furan rings is 1. The Balaban J connectivity index is 1.54. The predicted molar refractivity (Wildman–Crippen MR) is 103 cm³/mol. The van der Waals surface area contributed by atoms with E-state index >= 15 is 0 Å². The molecule has 1 heterocycles. The number of ether oxygens (including phenoxy) is 1. The van der Waals surface area contributed by atoms with E-state index < -0.39 is 5.97 Å². The van der Waals surface area contributed by atoms with Crippen molar-refractivity contribution in [3.05, 3.63) is 71.0 Å². The van der Waals surface area contributed by atoms with E-state index in [1.165, 1.54) is 0 Å². The Morgan fingerprint density at radius 2 is 1.81 bits per heavy atom. The number of amides is 1. The summed E-state index contributed by atoms with van der Waals surface area (Å²) < 4.78 is 10.7. The van der Waals surface area contributed by atoms with Crippen molar-refractivity contribution in [3.8, 4) is 0 Å². The van der Waals surface area contributed by atoms with Gasteiger partial charge in [0.2, 0.25) is 0 Å². The minimum atomic E-state index is -0.460. The summed E-state index contributed by atoms with van der Waals surface area (Å²) in [6.07, 6.45) is 1.64. The van der Waals surface area contributed by atoms with Crippen LogP contribution in [-0.2, 0) is 20.7 Å². The molecule has 0 aliphatic heterocycles. The SMILES string of the molecule is Cc1cc2occ(CC(=O)OCC(=O)N[C@@H](C)c3ccccc3)c2cc1C. The summed E-state index contributed by atoms with van der Waals surface area (Å²) in [6.45, 7) is 5.61. The molecule has 5 nitrogen and oxygen atoms in total. The number of fused-ring (bicyclic) bond motifs is 1. The highest BCUT2D eigenvalue weighted by atomic mass is 16.5. The molecule has 3 aromatic rings. The van der Waals surface area contributed by atoms with Crippen molar-refractivity contribution in [1.82, 2.24) is 5.32 Å². The van der Waals surface area contributed by atoms with E-state index in [-0.39, 0.29) is 25.0 Å². The van der Waals surface area contributed by atoms with E-state index in [0.29, 0.717) is 0 Å². The van der Waals surface area contributed by atoms with Crippen molar-refractivity contribution in [2.45, 2.75) is 33.2 Å². The number of esters is 1. The van der Waals surface area contributed by atoms with Gasteiger partial charge in [-0.2, -0.15) is 0 Å². The zero-order chi connectivity index (χ0) is 19.4. The number of carbonyl (C=O) groups excluding carboxylic acids is 2. The van der Waals surface area contributed by atoms with Gasteiger partial charge in [0.1, 0.15) is 5.58 Å². The van der Waals surface area contributed by atoms with Crippen LogP contribution >= 0.6 is 0 Å². The number of hydrogen-bond donors (Lipinski definition) is 1. The Kier molecular flexibility index (Phi) is 5.60. The van der Waals surface area contributed by atoms with E-state index in [1.54, 1.807) is 6.26 Å². The molecule has 1 amide bonds. The van der Waals surface area contributed by atoms with Crippen LogP contribution in [0.1, 0.15) is 35.2 Å². The first-order chi connectivity index (χ1) is 12.9. The molecule has 0 bridgehead atoms. The fraction of sp³-hybridized carbons (Fsp3) is 0.273. The average Bonchev–Trinajstić information content (AvgIpc) is 3.02. The van der Waals surface area contributed by atoms with Crippen LogP contribution < -0.4 is 5.32 Å². The van der Waals surface area contributed by atoms with Gasteiger partial charge in [-0.25, -0.2) is 0 Å². The molecule has 27 heavy (non-hydrogen) atoms. The Morgan fingerprint density at radius 3 is 2.56 bits per heavy atom. The molecule has 0 aliphatic rings. The first-order valence-electron chi connectivity index (χ1n) is 8.91. The number of benzene rings is 2. The minimum Gasteiger partial charge on any atom is -0.464 e. The molecule has 0 radical (unpaired) electrons. The van der Waals surface area contributed by atoms with E-state index in [9.17, 15) is 9.59 Å². The summed E-state index contributed by atoms with van der Waals surface area (Å²) in [5.41, 5.74) is 4.77. The quantitative estimate of drug-likeness (QED) is 0.670. The van der Waals surface area contributed by atoms with Crippen LogP contribution in [0.15, 0.2) is 53.1 Å². The first kappa shape index (κ1) is 18.7. The van der Waals surface area contributed by atoms with Crippen molar-refractivity contribution in [2.24, 2.45) is 0 Å². The summed E-state index contributed by atoms with van der Waals surface area (Å²) in [7, 11) is 0. The van der Waals surface area contributed by atoms with E-state index in [0.717, 1.165) is 33.2 Å². The second kappa shape index (κ2) is 8.08. The predicted octanol–water partition coefficient (Wildman–Crippen LogP) is 4.01. The lowest BCUT2D eigenvalue weighted by molar-refractivity contribution is -0.148. The highest BCUT2D eigenvalue weighted by molar-refractivity contribution is 5.87. The number of carbonyl (C=O) groups is 2. The number of aryl methyl sites for hydroxylation is 2. The molecule has 0 fully saturated rings. The van der Waals surface area contributed by atoms with Crippen molar-refractivity contribution in [1.29, 1.82) is 0 Å². The zero-order valence-corrected chi connectivity index (χ0v) is 15.7. The lowest BCUT2D eigenvalue weighted by atomic mass is 10.0. The summed E-state index contributed by atoms with van der Waals surface area (Å²) in [5.74, 6) is -0.790. The fourth-order valence-corrected chi connectivity index (χ4v) is 2.93. The minimum absolute atomic E-state index is 0.0665. The maximum absolute atomic E-state index is 12.1. The molecule has 3 rings (SSSR count). The van der Waals surface area contributed by atoms with Crippen molar-refractivity contribution < 1.29 is 18.7 Å². The summed E-state index contributed by atoms with van der Waals surface area (Å²) >= 11 is 0. The molecular weight excluding hydrogens is 342 g/mol. The normalized spacial score (nSPS) is 12.0. The summed E-state index contributed by atoms with van der Waals surface area (Å²) in [5, 5.41) is 3.72. The lowest BCUT2D eigenvalue weighted by Crippen LogP contribution is -2.31. The molecule has 2 aromatic carbocycles. The molecule has 1 aromatic heterocycles. The van der Waals surface area contributed by atoms with E-state index in [4.69, 9.17) is 9.15 Å². The first-order valence-corrected chi connectivity index (χ1v) is 8.91. The third kappa shape index (κ3) is 4.56. The van der Waals surface area contributed by atoms with Crippen molar-refractivity contribution in [2.75, 3.05) is 6.61 Å². The second-order valence-corrected chi connectivity index (χ2v) is 6.73. The molecule has 140 valence electrons. The van der Waals surface area contributed by atoms with Crippen LogP contribution in [0.5, 0.6) is 0 Å². The molecule has 0 saturated carbocycles. The van der Waals surface area contributed by atoms with Gasteiger partial charge in [-0.1, -0.05) is 30.3 Å². The van der Waals surface area contributed by atoms with Crippen LogP contribution in [0, 0.1) is 13.8 Å². The molecule has 0 unspecified atom stereocenters. The van der Waals surface area contributed by atoms with Crippen LogP contribution in [0.2, 0.25) is 0 Å². The third-order valence-corrected chi connectivity index (χ3v) is 4.65. The van der Waals surface area contributed by atoms with Gasteiger partial charge in [-0.05, 0) is 49.6 Å². The number of rotatable bonds is 6. The monoisotopic (exact) mass is 365 g/mol. The largest absolute Gasteiger partial charge is 0.464 e. The third-order valence-electron chi connectivity index (χ3n) is 4.65. The zero-order valence-electron chi connectivity index (χ0n) is 15.7. The van der Waals surface area contributed by atoms with Gasteiger partial charge in [0.15, 0.2) is 6.61 Å². The Morgan fingerprint density at radius 1 is 1.11 bits per heavy atom. The topological polar surface area (TPSA) is 68.5 Å². The van der Waals surface area contributed by atoms with Crippen LogP contribution in [0.25, 0.3) is 11.0 Å². The molecule has 0 saturated heterocycles. The van der Waals surface area contributed by atoms with Gasteiger partial charge >= 0.3 is 5.97 Å². The van der Waals surface area contributed by atoms with Crippen LogP contribution in [-0.4, -0.2) is 18.5 Å². The van der Waals surface area contributed by atoms with Gasteiger partial charge in [-0.3, -0.25) is 9.59 Å². The number of nitrogens with one attached hydrogen (secondary N) is 1. The molecule has 1 atom stereocenters. The van der Waals surface area contributed by atoms with Gasteiger partial charge in [0.25, 0.3) is 5.91 Å². The Hall–Kier alpha value is -3.08. The smallest absolute Gasteiger partial charge is 0.310 e. The highest BCUT2D eigenvalue weighted by Crippen LogP contribution is 2.25. The van der Waals surface area contributed by atoms with Crippen molar-refractivity contribution in [3.63, 3.8) is 0 Å². The molecule has 0 spiro atoms. The molecule has 5 heteroatoms. The van der Waals surface area contributed by atoms with Crippen LogP contribution in [0.4, 0.5) is 0 Å². The van der Waals surface area contributed by atoms with Gasteiger partial charge < -0.3 is 14.5 Å². The maximum Gasteiger partial charge on any atom is 0.310 e. The van der Waals surface area contributed by atoms with Gasteiger partial charge in [-0.15, -0.1) is 0 Å². The Labute approximate surface area is 158 Å². The molecule has 0 aliphatic carbocycles. The average molecular weight is 365 g/mol. The standard InChI is InChI=1S/C22H23NO4/c1-14-9-19-18(12-26-20(19)10-15(14)2)11-22(25)27-13-21(24)23-16(3)17-7-5-4-6-8-17/h4-10,12,16H,11,13H2,1-3H3,(H,23,24)/t16-/m0/s1. The van der Waals surface area contributed by atoms with Gasteiger partial charge in [0, 0.05) is 10.9 Å². The van der Waals surface area contributed by atoms with Crippen LogP contribution in [0.3, 0.4) is 0 Å². The molecular formula is C22H23NO4. The van der Waals surface area contributed by atoms with Crippen molar-refractivity contribution >= 4 is 22.8 Å². The van der Waals surface area contributed by atoms with E-state index in [1.807, 2.05) is 63.2 Å². The summed E-state index contributed by atoms with van der Waals surface area (Å²) in [6, 6.07) is 13.4. The molecule has 1 N–H and O–H groups in total. The second-order valence-electron chi connectivity index (χ2n) is 6.73. The maximum atomic E-state index is 12.1. The van der Waals surface area contributed by atoms with Gasteiger partial charge in [0.05, 0.1) is 18.7 Å². The van der Waals surface area contributed by atoms with E-state index in [2.05, 4.69) is 5.32 Å². The highest BCUT2D eigenvalue weighted by Gasteiger charge is 2.15.